The summed E-state index contributed by atoms with van der Waals surface area (Å²) in [5.41, 5.74) is 5.23. The summed E-state index contributed by atoms with van der Waals surface area (Å²) in [5.74, 6) is 0.862. The monoisotopic (exact) mass is 416 g/mol. The number of anilines is 1. The van der Waals surface area contributed by atoms with Gasteiger partial charge in [-0.2, -0.15) is 0 Å². The van der Waals surface area contributed by atoms with E-state index in [4.69, 9.17) is 9.72 Å². The molecule has 0 aliphatic heterocycles. The lowest BCUT2D eigenvalue weighted by Crippen LogP contribution is -2.12. The summed E-state index contributed by atoms with van der Waals surface area (Å²) in [7, 11) is 0. The highest BCUT2D eigenvalue weighted by Crippen LogP contribution is 2.31. The van der Waals surface area contributed by atoms with Crippen LogP contribution in [-0.2, 0) is 11.2 Å². The van der Waals surface area contributed by atoms with Crippen molar-refractivity contribution in [3.63, 3.8) is 0 Å². The molecule has 0 spiro atoms. The van der Waals surface area contributed by atoms with Crippen molar-refractivity contribution >= 4 is 33.1 Å². The number of carbonyl (C=O) groups is 1. The molecule has 3 aromatic carbocycles. The topological polar surface area (TPSA) is 51.2 Å². The molecule has 0 fully saturated rings. The van der Waals surface area contributed by atoms with Gasteiger partial charge in [0.1, 0.15) is 10.8 Å². The fraction of sp³-hybridized carbons (Fsp3) is 0.200. The second-order valence-electron chi connectivity index (χ2n) is 7.19. The molecule has 0 atom stereocenters. The summed E-state index contributed by atoms with van der Waals surface area (Å²) in [6.45, 7) is 4.70. The van der Waals surface area contributed by atoms with Crippen molar-refractivity contribution in [3.05, 3.63) is 77.9 Å². The van der Waals surface area contributed by atoms with Crippen molar-refractivity contribution in [2.45, 2.75) is 26.7 Å². The van der Waals surface area contributed by atoms with Gasteiger partial charge in [0.25, 0.3) is 0 Å². The van der Waals surface area contributed by atoms with E-state index in [-0.39, 0.29) is 5.91 Å². The molecule has 0 unspecified atom stereocenters. The molecule has 0 radical (unpaired) electrons. The fourth-order valence-electron chi connectivity index (χ4n) is 3.25. The lowest BCUT2D eigenvalue weighted by Gasteiger charge is -2.07. The van der Waals surface area contributed by atoms with Crippen molar-refractivity contribution in [1.82, 2.24) is 4.98 Å². The van der Waals surface area contributed by atoms with Crippen LogP contribution in [0.3, 0.4) is 0 Å². The van der Waals surface area contributed by atoms with Crippen molar-refractivity contribution < 1.29 is 9.53 Å². The Labute approximate surface area is 180 Å². The van der Waals surface area contributed by atoms with E-state index in [2.05, 4.69) is 30.4 Å². The Morgan fingerprint density at radius 1 is 1.03 bits per heavy atom. The quantitative estimate of drug-likeness (QED) is 0.388. The zero-order valence-electron chi connectivity index (χ0n) is 17.1. The fourth-order valence-corrected chi connectivity index (χ4v) is 4.32. The Hall–Kier alpha value is -3.18. The molecular formula is C25H24N2O2S. The average molecular weight is 417 g/mol. The molecule has 4 aromatic rings. The van der Waals surface area contributed by atoms with Gasteiger partial charge in [-0.1, -0.05) is 18.2 Å². The van der Waals surface area contributed by atoms with Crippen LogP contribution < -0.4 is 10.1 Å². The molecule has 0 aliphatic rings. The van der Waals surface area contributed by atoms with E-state index in [1.165, 1.54) is 10.3 Å². The first-order chi connectivity index (χ1) is 14.6. The molecule has 1 amide bonds. The third-order valence-corrected chi connectivity index (χ3v) is 5.90. The zero-order valence-corrected chi connectivity index (χ0v) is 18.0. The number of rotatable bonds is 7. The molecule has 30 heavy (non-hydrogen) atoms. The third kappa shape index (κ3) is 4.86. The van der Waals surface area contributed by atoms with E-state index in [0.717, 1.165) is 33.1 Å². The maximum absolute atomic E-state index is 12.3. The van der Waals surface area contributed by atoms with E-state index in [0.29, 0.717) is 19.4 Å². The second kappa shape index (κ2) is 9.09. The molecule has 1 heterocycles. The number of hydrogen-bond acceptors (Lipinski definition) is 4. The van der Waals surface area contributed by atoms with Crippen LogP contribution in [-0.4, -0.2) is 17.5 Å². The number of carbonyl (C=O) groups excluding carboxylic acids is 1. The maximum atomic E-state index is 12.3. The van der Waals surface area contributed by atoms with Gasteiger partial charge < -0.3 is 10.1 Å². The normalized spacial score (nSPS) is 10.9. The van der Waals surface area contributed by atoms with Gasteiger partial charge in [-0.15, -0.1) is 11.3 Å². The molecule has 4 nitrogen and oxygen atoms in total. The summed E-state index contributed by atoms with van der Waals surface area (Å²) in [5, 5.41) is 3.97. The van der Waals surface area contributed by atoms with Crippen LogP contribution in [0.2, 0.25) is 0 Å². The highest BCUT2D eigenvalue weighted by Gasteiger charge is 2.08. The van der Waals surface area contributed by atoms with Gasteiger partial charge in [0.05, 0.1) is 16.8 Å². The SMILES string of the molecule is CCOc1ccc(CCC(=O)Nc2ccc(-c3nc4ccc(C)cc4s3)cc2)cc1. The number of thiazole rings is 1. The first-order valence-corrected chi connectivity index (χ1v) is 10.9. The van der Waals surface area contributed by atoms with Crippen molar-refractivity contribution in [1.29, 1.82) is 0 Å². The van der Waals surface area contributed by atoms with E-state index in [9.17, 15) is 4.79 Å². The highest BCUT2D eigenvalue weighted by molar-refractivity contribution is 7.21. The Morgan fingerprint density at radius 2 is 1.80 bits per heavy atom. The molecule has 5 heteroatoms. The van der Waals surface area contributed by atoms with Crippen LogP contribution >= 0.6 is 11.3 Å². The molecule has 0 saturated carbocycles. The van der Waals surface area contributed by atoms with Crippen molar-refractivity contribution in [2.75, 3.05) is 11.9 Å². The number of nitrogens with zero attached hydrogens (tertiary/aromatic N) is 1. The second-order valence-corrected chi connectivity index (χ2v) is 8.22. The van der Waals surface area contributed by atoms with Crippen LogP contribution in [0, 0.1) is 6.92 Å². The van der Waals surface area contributed by atoms with E-state index < -0.39 is 0 Å². The van der Waals surface area contributed by atoms with Gasteiger partial charge in [-0.05, 0) is 79.9 Å². The number of aryl methyl sites for hydroxylation is 2. The summed E-state index contributed by atoms with van der Waals surface area (Å²) in [6.07, 6.45) is 1.13. The molecule has 1 N–H and O–H groups in total. The Morgan fingerprint density at radius 3 is 2.53 bits per heavy atom. The van der Waals surface area contributed by atoms with Crippen LogP contribution in [0.25, 0.3) is 20.8 Å². The predicted octanol–water partition coefficient (Wildman–Crippen LogP) is 6.24. The van der Waals surface area contributed by atoms with Gasteiger partial charge >= 0.3 is 0 Å². The number of ether oxygens (including phenoxy) is 1. The smallest absolute Gasteiger partial charge is 0.224 e. The van der Waals surface area contributed by atoms with Gasteiger partial charge in [0.15, 0.2) is 0 Å². The van der Waals surface area contributed by atoms with E-state index >= 15 is 0 Å². The van der Waals surface area contributed by atoms with E-state index in [1.54, 1.807) is 11.3 Å². The number of nitrogens with one attached hydrogen (secondary N) is 1. The summed E-state index contributed by atoms with van der Waals surface area (Å²) in [4.78, 5) is 17.0. The molecule has 0 aliphatic carbocycles. The minimum Gasteiger partial charge on any atom is -0.494 e. The van der Waals surface area contributed by atoms with Crippen molar-refractivity contribution in [2.24, 2.45) is 0 Å². The molecule has 4 rings (SSSR count). The van der Waals surface area contributed by atoms with Gasteiger partial charge in [-0.3, -0.25) is 4.79 Å². The Bertz CT molecular complexity index is 1150. The lowest BCUT2D eigenvalue weighted by molar-refractivity contribution is -0.116. The van der Waals surface area contributed by atoms with Crippen LogP contribution in [0.4, 0.5) is 5.69 Å². The first kappa shape index (κ1) is 20.1. The predicted molar refractivity (Wildman–Crippen MR) is 124 cm³/mol. The number of benzene rings is 3. The highest BCUT2D eigenvalue weighted by atomic mass is 32.1. The first-order valence-electron chi connectivity index (χ1n) is 10.1. The number of fused-ring (bicyclic) bond motifs is 1. The summed E-state index contributed by atoms with van der Waals surface area (Å²) >= 11 is 1.69. The maximum Gasteiger partial charge on any atom is 0.224 e. The molecular weight excluding hydrogens is 392 g/mol. The average Bonchev–Trinajstić information content (AvgIpc) is 3.17. The number of hydrogen-bond donors (Lipinski definition) is 1. The Kier molecular flexibility index (Phi) is 6.10. The third-order valence-electron chi connectivity index (χ3n) is 4.83. The molecule has 1 aromatic heterocycles. The Balaban J connectivity index is 1.35. The standard InChI is InChI=1S/C25H24N2O2S/c1-3-29-21-12-5-18(6-13-21)7-15-24(28)26-20-10-8-19(9-11-20)25-27-22-14-4-17(2)16-23(22)30-25/h4-6,8-14,16H,3,7,15H2,1-2H3,(H,26,28). The number of amides is 1. The van der Waals surface area contributed by atoms with Gasteiger partial charge in [0, 0.05) is 17.7 Å². The number of aromatic nitrogens is 1. The minimum atomic E-state index is 0.00657. The molecule has 152 valence electrons. The van der Waals surface area contributed by atoms with E-state index in [1.807, 2.05) is 55.5 Å². The van der Waals surface area contributed by atoms with Crippen LogP contribution in [0.15, 0.2) is 66.7 Å². The molecule has 0 saturated heterocycles. The largest absolute Gasteiger partial charge is 0.494 e. The van der Waals surface area contributed by atoms with Crippen LogP contribution in [0.5, 0.6) is 5.75 Å². The van der Waals surface area contributed by atoms with Gasteiger partial charge in [-0.25, -0.2) is 4.98 Å². The van der Waals surface area contributed by atoms with Crippen molar-refractivity contribution in [3.8, 4) is 16.3 Å². The zero-order chi connectivity index (χ0) is 20.9. The summed E-state index contributed by atoms with van der Waals surface area (Å²) in [6, 6.07) is 22.1. The van der Waals surface area contributed by atoms with Gasteiger partial charge in [0.2, 0.25) is 5.91 Å². The van der Waals surface area contributed by atoms with Crippen LogP contribution in [0.1, 0.15) is 24.5 Å². The summed E-state index contributed by atoms with van der Waals surface area (Å²) < 4.78 is 6.64. The minimum absolute atomic E-state index is 0.00657. The lowest BCUT2D eigenvalue weighted by atomic mass is 10.1. The molecule has 0 bridgehead atoms.